The zero-order chi connectivity index (χ0) is 21.3. The molecule has 2 heterocycles. The van der Waals surface area contributed by atoms with E-state index in [0.717, 1.165) is 22.1 Å². The Labute approximate surface area is 190 Å². The highest BCUT2D eigenvalue weighted by atomic mass is 35.5. The molecular weight excluding hydrogens is 463 g/mol. The molecule has 9 heteroatoms. The summed E-state index contributed by atoms with van der Waals surface area (Å²) in [4.78, 5) is 7.13. The van der Waals surface area contributed by atoms with E-state index < -0.39 is 15.1 Å². The Morgan fingerprint density at radius 3 is 2.40 bits per heavy atom. The van der Waals surface area contributed by atoms with E-state index in [2.05, 4.69) is 4.90 Å². The number of methoxy groups -OCH3 is 1. The minimum absolute atomic E-state index is 0.228. The zero-order valence-corrected chi connectivity index (χ0v) is 19.4. The van der Waals surface area contributed by atoms with Crippen LogP contribution in [0.25, 0.3) is 11.3 Å². The summed E-state index contributed by atoms with van der Waals surface area (Å²) in [6.07, 6.45) is 1.08. The molecule has 0 spiro atoms. The molecule has 1 aromatic heterocycles. The first-order valence-electron chi connectivity index (χ1n) is 9.42. The highest BCUT2D eigenvalue weighted by Gasteiger charge is 2.32. The number of hydrogen-bond acceptors (Lipinski definition) is 6. The zero-order valence-electron chi connectivity index (χ0n) is 16.2. The number of rotatable bonds is 5. The SMILES string of the molecule is COc1ccc(-c2csc(N3CCC(S(=O)(=O)c4ccc(Cl)c(Cl)c4)CC3)n2)cc1. The Bertz CT molecular complexity index is 1140. The van der Waals surface area contributed by atoms with Gasteiger partial charge in [0, 0.05) is 24.0 Å². The Kier molecular flexibility index (Phi) is 6.25. The first-order chi connectivity index (χ1) is 14.4. The number of ether oxygens (including phenoxy) is 1. The molecule has 0 unspecified atom stereocenters. The second-order valence-electron chi connectivity index (χ2n) is 7.05. The lowest BCUT2D eigenvalue weighted by Gasteiger charge is -2.31. The summed E-state index contributed by atoms with van der Waals surface area (Å²) in [7, 11) is -1.81. The molecule has 30 heavy (non-hydrogen) atoms. The normalized spacial score (nSPS) is 15.4. The molecule has 2 aromatic carbocycles. The van der Waals surface area contributed by atoms with Crippen molar-refractivity contribution < 1.29 is 13.2 Å². The molecule has 0 radical (unpaired) electrons. The van der Waals surface area contributed by atoms with Crippen LogP contribution in [0.2, 0.25) is 10.0 Å². The van der Waals surface area contributed by atoms with Crippen molar-refractivity contribution in [3.8, 4) is 17.0 Å². The molecule has 1 saturated heterocycles. The molecule has 0 amide bonds. The standard InChI is InChI=1S/C21H20Cl2N2O3S2/c1-28-15-4-2-14(3-5-15)20-13-29-21(24-20)25-10-8-16(9-11-25)30(26,27)17-6-7-18(22)19(23)12-17/h2-7,12-13,16H,8-11H2,1H3. The Morgan fingerprint density at radius 1 is 1.07 bits per heavy atom. The molecule has 4 rings (SSSR count). The Balaban J connectivity index is 1.44. The van der Waals surface area contributed by atoms with Gasteiger partial charge in [-0.1, -0.05) is 23.2 Å². The number of thiazole rings is 1. The fraction of sp³-hybridized carbons (Fsp3) is 0.286. The molecule has 1 fully saturated rings. The number of hydrogen-bond donors (Lipinski definition) is 0. The van der Waals surface area contributed by atoms with Crippen molar-refractivity contribution in [1.82, 2.24) is 4.98 Å². The van der Waals surface area contributed by atoms with Gasteiger partial charge in [0.15, 0.2) is 15.0 Å². The molecule has 0 N–H and O–H groups in total. The van der Waals surface area contributed by atoms with Crippen LogP contribution in [0.3, 0.4) is 0 Å². The minimum atomic E-state index is -3.45. The summed E-state index contributed by atoms with van der Waals surface area (Å²) in [6.45, 7) is 1.28. The van der Waals surface area contributed by atoms with Gasteiger partial charge in [-0.2, -0.15) is 0 Å². The number of halogens is 2. The van der Waals surface area contributed by atoms with E-state index in [1.807, 2.05) is 29.6 Å². The summed E-state index contributed by atoms with van der Waals surface area (Å²) in [6, 6.07) is 12.3. The summed E-state index contributed by atoms with van der Waals surface area (Å²) in [5.41, 5.74) is 1.93. The van der Waals surface area contributed by atoms with E-state index in [1.165, 1.54) is 18.2 Å². The quantitative estimate of drug-likeness (QED) is 0.475. The first kappa shape index (κ1) is 21.4. The molecule has 158 valence electrons. The molecule has 5 nitrogen and oxygen atoms in total. The maximum absolute atomic E-state index is 13.0. The predicted molar refractivity (Wildman–Crippen MR) is 123 cm³/mol. The van der Waals surface area contributed by atoms with Gasteiger partial charge in [0.25, 0.3) is 0 Å². The van der Waals surface area contributed by atoms with Gasteiger partial charge in [-0.3, -0.25) is 0 Å². The molecule has 1 aliphatic rings. The second kappa shape index (κ2) is 8.75. The number of sulfone groups is 1. The van der Waals surface area contributed by atoms with Gasteiger partial charge in [0.2, 0.25) is 0 Å². The van der Waals surface area contributed by atoms with E-state index in [-0.39, 0.29) is 9.92 Å². The molecule has 0 aliphatic carbocycles. The van der Waals surface area contributed by atoms with Crippen LogP contribution in [-0.2, 0) is 9.84 Å². The van der Waals surface area contributed by atoms with Crippen molar-refractivity contribution in [2.75, 3.05) is 25.1 Å². The van der Waals surface area contributed by atoms with Gasteiger partial charge in [-0.05, 0) is 55.3 Å². The number of nitrogens with zero attached hydrogens (tertiary/aromatic N) is 2. The van der Waals surface area contributed by atoms with Gasteiger partial charge in [-0.15, -0.1) is 11.3 Å². The average molecular weight is 483 g/mol. The molecule has 1 aliphatic heterocycles. The van der Waals surface area contributed by atoms with Gasteiger partial charge >= 0.3 is 0 Å². The van der Waals surface area contributed by atoms with Crippen LogP contribution in [0, 0.1) is 0 Å². The van der Waals surface area contributed by atoms with Crippen molar-refractivity contribution in [2.45, 2.75) is 23.0 Å². The van der Waals surface area contributed by atoms with E-state index in [9.17, 15) is 8.42 Å². The highest BCUT2D eigenvalue weighted by molar-refractivity contribution is 7.92. The van der Waals surface area contributed by atoms with E-state index in [4.69, 9.17) is 32.9 Å². The number of benzene rings is 2. The van der Waals surface area contributed by atoms with Gasteiger partial charge < -0.3 is 9.64 Å². The van der Waals surface area contributed by atoms with Crippen molar-refractivity contribution in [2.24, 2.45) is 0 Å². The number of aromatic nitrogens is 1. The lowest BCUT2D eigenvalue weighted by atomic mass is 10.1. The molecule has 0 saturated carbocycles. The minimum Gasteiger partial charge on any atom is -0.497 e. The van der Waals surface area contributed by atoms with E-state index in [1.54, 1.807) is 18.4 Å². The summed E-state index contributed by atoms with van der Waals surface area (Å²) >= 11 is 13.5. The maximum atomic E-state index is 13.0. The number of anilines is 1. The molecule has 0 atom stereocenters. The Morgan fingerprint density at radius 2 is 1.77 bits per heavy atom. The fourth-order valence-electron chi connectivity index (χ4n) is 3.51. The Hall–Kier alpha value is -1.80. The van der Waals surface area contributed by atoms with Crippen LogP contribution in [0.1, 0.15) is 12.8 Å². The van der Waals surface area contributed by atoms with Crippen LogP contribution in [0.15, 0.2) is 52.7 Å². The maximum Gasteiger partial charge on any atom is 0.185 e. The third-order valence-corrected chi connectivity index (χ3v) is 9.15. The summed E-state index contributed by atoms with van der Waals surface area (Å²) in [5, 5.41) is 3.10. The van der Waals surface area contributed by atoms with E-state index in [0.29, 0.717) is 31.0 Å². The topological polar surface area (TPSA) is 59.5 Å². The third-order valence-electron chi connectivity index (χ3n) is 5.25. The van der Waals surface area contributed by atoms with Gasteiger partial charge in [0.1, 0.15) is 5.75 Å². The number of piperidine rings is 1. The van der Waals surface area contributed by atoms with Crippen molar-refractivity contribution in [1.29, 1.82) is 0 Å². The van der Waals surface area contributed by atoms with Crippen LogP contribution in [0.4, 0.5) is 5.13 Å². The summed E-state index contributed by atoms with van der Waals surface area (Å²) < 4.78 is 31.2. The summed E-state index contributed by atoms with van der Waals surface area (Å²) in [5.74, 6) is 0.805. The van der Waals surface area contributed by atoms with Crippen LogP contribution in [0.5, 0.6) is 5.75 Å². The largest absolute Gasteiger partial charge is 0.497 e. The molecular formula is C21H20Cl2N2O3S2. The highest BCUT2D eigenvalue weighted by Crippen LogP contribution is 2.33. The lowest BCUT2D eigenvalue weighted by Crippen LogP contribution is -2.39. The van der Waals surface area contributed by atoms with Crippen molar-refractivity contribution in [3.05, 3.63) is 57.9 Å². The van der Waals surface area contributed by atoms with Crippen LogP contribution in [-0.4, -0.2) is 38.9 Å². The van der Waals surface area contributed by atoms with Crippen LogP contribution < -0.4 is 9.64 Å². The second-order valence-corrected chi connectivity index (χ2v) is 10.9. The molecule has 3 aromatic rings. The monoisotopic (exact) mass is 482 g/mol. The first-order valence-corrected chi connectivity index (χ1v) is 12.6. The molecule has 0 bridgehead atoms. The van der Waals surface area contributed by atoms with Crippen LogP contribution >= 0.6 is 34.5 Å². The fourth-order valence-corrected chi connectivity index (χ4v) is 6.52. The van der Waals surface area contributed by atoms with Gasteiger partial charge in [-0.25, -0.2) is 13.4 Å². The predicted octanol–water partition coefficient (Wildman–Crippen LogP) is 5.57. The smallest absolute Gasteiger partial charge is 0.185 e. The lowest BCUT2D eigenvalue weighted by molar-refractivity contribution is 0.415. The van der Waals surface area contributed by atoms with Gasteiger partial charge in [0.05, 0.1) is 33.0 Å². The third kappa shape index (κ3) is 4.30. The van der Waals surface area contributed by atoms with E-state index >= 15 is 0 Å². The van der Waals surface area contributed by atoms with Crippen molar-refractivity contribution in [3.63, 3.8) is 0 Å². The average Bonchev–Trinajstić information content (AvgIpc) is 3.26. The van der Waals surface area contributed by atoms with Crippen molar-refractivity contribution >= 4 is 49.5 Å².